The molecule has 3 heteroatoms. The van der Waals surface area contributed by atoms with Crippen molar-refractivity contribution in [2.75, 3.05) is 20.6 Å². The smallest absolute Gasteiger partial charge is 0.0721 e. The highest BCUT2D eigenvalue weighted by Gasteiger charge is 2.08. The summed E-state index contributed by atoms with van der Waals surface area (Å²) in [7, 11) is 3.93. The maximum Gasteiger partial charge on any atom is 0.0721 e. The van der Waals surface area contributed by atoms with Gasteiger partial charge in [-0.3, -0.25) is 0 Å². The normalized spacial score (nSPS) is 13.5. The van der Waals surface area contributed by atoms with Crippen LogP contribution in [0.3, 0.4) is 0 Å². The molecule has 1 atom stereocenters. The molecular formula is C13H18N2O. The van der Waals surface area contributed by atoms with Gasteiger partial charge in [-0.1, -0.05) is 18.2 Å². The molecule has 0 aliphatic rings. The molecule has 16 heavy (non-hydrogen) atoms. The molecular weight excluding hydrogens is 200 g/mol. The number of fused-ring (bicyclic) bond motifs is 1. The Kier molecular flexibility index (Phi) is 3.27. The van der Waals surface area contributed by atoms with Crippen molar-refractivity contribution in [2.45, 2.75) is 12.5 Å². The molecule has 1 aromatic heterocycles. The number of nitrogens with zero attached hydrogens (tertiary/aromatic N) is 1. The van der Waals surface area contributed by atoms with E-state index in [9.17, 15) is 5.11 Å². The van der Waals surface area contributed by atoms with Gasteiger partial charge in [0, 0.05) is 24.2 Å². The zero-order valence-corrected chi connectivity index (χ0v) is 9.77. The van der Waals surface area contributed by atoms with Gasteiger partial charge in [0.05, 0.1) is 6.10 Å². The van der Waals surface area contributed by atoms with E-state index >= 15 is 0 Å². The summed E-state index contributed by atoms with van der Waals surface area (Å²) in [6, 6.07) is 10.3. The molecule has 2 N–H and O–H groups in total. The van der Waals surface area contributed by atoms with E-state index in [1.165, 1.54) is 5.39 Å². The first-order valence-corrected chi connectivity index (χ1v) is 5.54. The minimum Gasteiger partial charge on any atom is -0.391 e. The third-order valence-corrected chi connectivity index (χ3v) is 2.62. The first kappa shape index (κ1) is 11.2. The summed E-state index contributed by atoms with van der Waals surface area (Å²) in [6.07, 6.45) is 0.357. The van der Waals surface area contributed by atoms with Crippen LogP contribution in [-0.4, -0.2) is 41.7 Å². The molecule has 0 fully saturated rings. The Morgan fingerprint density at radius 2 is 2.06 bits per heavy atom. The van der Waals surface area contributed by atoms with E-state index in [-0.39, 0.29) is 6.10 Å². The third-order valence-electron chi connectivity index (χ3n) is 2.62. The van der Waals surface area contributed by atoms with E-state index in [2.05, 4.69) is 23.2 Å². The summed E-state index contributed by atoms with van der Waals surface area (Å²) in [5, 5.41) is 11.0. The Morgan fingerprint density at radius 1 is 1.31 bits per heavy atom. The van der Waals surface area contributed by atoms with Crippen molar-refractivity contribution in [1.82, 2.24) is 9.88 Å². The lowest BCUT2D eigenvalue weighted by atomic mass is 10.2. The minimum absolute atomic E-state index is 0.317. The van der Waals surface area contributed by atoms with Gasteiger partial charge >= 0.3 is 0 Å². The predicted octanol–water partition coefficient (Wildman–Crippen LogP) is 1.63. The second-order valence-corrected chi connectivity index (χ2v) is 4.50. The minimum atomic E-state index is -0.317. The largest absolute Gasteiger partial charge is 0.391 e. The second kappa shape index (κ2) is 4.68. The molecule has 0 saturated heterocycles. The Hall–Kier alpha value is -1.32. The average Bonchev–Trinajstić information content (AvgIpc) is 2.57. The highest BCUT2D eigenvalue weighted by atomic mass is 16.3. The molecule has 0 aliphatic carbocycles. The number of aromatic amines is 1. The molecule has 86 valence electrons. The lowest BCUT2D eigenvalue weighted by Crippen LogP contribution is -2.27. The molecule has 1 aromatic carbocycles. The third kappa shape index (κ3) is 2.62. The van der Waals surface area contributed by atoms with Crippen LogP contribution in [0, 0.1) is 0 Å². The summed E-state index contributed by atoms with van der Waals surface area (Å²) >= 11 is 0. The van der Waals surface area contributed by atoms with Gasteiger partial charge in [-0.25, -0.2) is 0 Å². The maximum atomic E-state index is 9.84. The highest BCUT2D eigenvalue weighted by Crippen LogP contribution is 2.15. The number of nitrogens with one attached hydrogen (secondary N) is 1. The molecule has 0 saturated carbocycles. The van der Waals surface area contributed by atoms with Gasteiger partial charge in [-0.15, -0.1) is 0 Å². The molecule has 0 amide bonds. The number of hydrogen-bond acceptors (Lipinski definition) is 2. The Morgan fingerprint density at radius 3 is 2.75 bits per heavy atom. The number of likely N-dealkylation sites (N-methyl/N-ethyl adjacent to an activating group) is 1. The van der Waals surface area contributed by atoms with Crippen molar-refractivity contribution in [2.24, 2.45) is 0 Å². The molecule has 2 rings (SSSR count). The fourth-order valence-electron chi connectivity index (χ4n) is 1.98. The zero-order valence-electron chi connectivity index (χ0n) is 9.77. The number of hydrogen-bond donors (Lipinski definition) is 2. The number of benzene rings is 1. The summed E-state index contributed by atoms with van der Waals surface area (Å²) in [5.41, 5.74) is 2.23. The first-order valence-electron chi connectivity index (χ1n) is 5.54. The number of para-hydroxylation sites is 1. The Labute approximate surface area is 95.7 Å². The Bertz CT molecular complexity index is 429. The van der Waals surface area contributed by atoms with Gasteiger partial charge < -0.3 is 15.0 Å². The van der Waals surface area contributed by atoms with Crippen molar-refractivity contribution in [1.29, 1.82) is 0 Å². The standard InChI is InChI=1S/C13H18N2O/c1-15(2)9-12(16)8-11-7-10-5-3-4-6-13(10)14-11/h3-7,12,14,16H,8-9H2,1-2H3. The number of rotatable bonds is 4. The summed E-state index contributed by atoms with van der Waals surface area (Å²) in [4.78, 5) is 5.31. The van der Waals surface area contributed by atoms with Crippen LogP contribution in [0.5, 0.6) is 0 Å². The van der Waals surface area contributed by atoms with E-state index in [0.717, 1.165) is 11.2 Å². The Balaban J connectivity index is 2.09. The fraction of sp³-hybridized carbons (Fsp3) is 0.385. The van der Waals surface area contributed by atoms with Gasteiger partial charge in [0.25, 0.3) is 0 Å². The molecule has 0 aliphatic heterocycles. The number of aliphatic hydroxyl groups is 1. The van der Waals surface area contributed by atoms with Gasteiger partial charge in [-0.2, -0.15) is 0 Å². The summed E-state index contributed by atoms with van der Waals surface area (Å²) in [6.45, 7) is 0.690. The second-order valence-electron chi connectivity index (χ2n) is 4.50. The van der Waals surface area contributed by atoms with Crippen LogP contribution >= 0.6 is 0 Å². The molecule has 0 spiro atoms. The lowest BCUT2D eigenvalue weighted by Gasteiger charge is -2.14. The van der Waals surface area contributed by atoms with Crippen LogP contribution in [0.2, 0.25) is 0 Å². The van der Waals surface area contributed by atoms with Crippen LogP contribution in [-0.2, 0) is 6.42 Å². The van der Waals surface area contributed by atoms with Crippen LogP contribution in [0.25, 0.3) is 10.9 Å². The van der Waals surface area contributed by atoms with E-state index in [4.69, 9.17) is 0 Å². The molecule has 2 aromatic rings. The van der Waals surface area contributed by atoms with Crippen molar-refractivity contribution in [3.05, 3.63) is 36.0 Å². The molecule has 0 bridgehead atoms. The molecule has 0 radical (unpaired) electrons. The van der Waals surface area contributed by atoms with Crippen LogP contribution in [0.1, 0.15) is 5.69 Å². The van der Waals surface area contributed by atoms with Gasteiger partial charge in [-0.05, 0) is 31.6 Å². The monoisotopic (exact) mass is 218 g/mol. The van der Waals surface area contributed by atoms with Gasteiger partial charge in [0.15, 0.2) is 0 Å². The number of H-pyrrole nitrogens is 1. The lowest BCUT2D eigenvalue weighted by molar-refractivity contribution is 0.136. The fourth-order valence-corrected chi connectivity index (χ4v) is 1.98. The quantitative estimate of drug-likeness (QED) is 0.818. The van der Waals surface area contributed by atoms with E-state index in [1.54, 1.807) is 0 Å². The van der Waals surface area contributed by atoms with E-state index in [1.807, 2.05) is 31.1 Å². The molecule has 1 heterocycles. The molecule has 1 unspecified atom stereocenters. The predicted molar refractivity (Wildman–Crippen MR) is 66.6 cm³/mol. The topological polar surface area (TPSA) is 39.3 Å². The van der Waals surface area contributed by atoms with Crippen LogP contribution < -0.4 is 0 Å². The zero-order chi connectivity index (χ0) is 11.5. The highest BCUT2D eigenvalue weighted by molar-refractivity contribution is 5.80. The average molecular weight is 218 g/mol. The van der Waals surface area contributed by atoms with Crippen molar-refractivity contribution < 1.29 is 5.11 Å². The summed E-state index contributed by atoms with van der Waals surface area (Å²) in [5.74, 6) is 0. The van der Waals surface area contributed by atoms with Crippen molar-refractivity contribution in [3.8, 4) is 0 Å². The number of aromatic nitrogens is 1. The van der Waals surface area contributed by atoms with Crippen molar-refractivity contribution in [3.63, 3.8) is 0 Å². The van der Waals surface area contributed by atoms with E-state index < -0.39 is 0 Å². The van der Waals surface area contributed by atoms with Crippen LogP contribution in [0.15, 0.2) is 30.3 Å². The van der Waals surface area contributed by atoms with Gasteiger partial charge in [0.1, 0.15) is 0 Å². The van der Waals surface area contributed by atoms with E-state index in [0.29, 0.717) is 13.0 Å². The van der Waals surface area contributed by atoms with Crippen LogP contribution in [0.4, 0.5) is 0 Å². The van der Waals surface area contributed by atoms with Gasteiger partial charge in [0.2, 0.25) is 0 Å². The first-order chi connectivity index (χ1) is 7.65. The van der Waals surface area contributed by atoms with Crippen molar-refractivity contribution >= 4 is 10.9 Å². The number of aliphatic hydroxyl groups excluding tert-OH is 1. The summed E-state index contributed by atoms with van der Waals surface area (Å²) < 4.78 is 0. The molecule has 3 nitrogen and oxygen atoms in total. The SMILES string of the molecule is CN(C)CC(O)Cc1cc2ccccc2[nH]1. The maximum absolute atomic E-state index is 9.84.